The molecular formula is C43H44Cl2N6O. The summed E-state index contributed by atoms with van der Waals surface area (Å²) >= 11 is 12.8. The van der Waals surface area contributed by atoms with Crippen molar-refractivity contribution in [1.29, 1.82) is 0 Å². The minimum absolute atomic E-state index is 0.0580. The molecule has 8 rings (SSSR count). The van der Waals surface area contributed by atoms with E-state index in [0.717, 1.165) is 82.1 Å². The maximum atomic E-state index is 14.8. The molecule has 1 saturated carbocycles. The zero-order chi connectivity index (χ0) is 35.8. The van der Waals surface area contributed by atoms with Gasteiger partial charge in [0, 0.05) is 76.7 Å². The Balaban J connectivity index is 1.20. The number of carbonyl (C=O) groups excluding carboxylic acids is 1. The molecule has 1 saturated heterocycles. The van der Waals surface area contributed by atoms with Crippen LogP contribution in [0.5, 0.6) is 0 Å². The van der Waals surface area contributed by atoms with Gasteiger partial charge in [-0.05, 0) is 79.8 Å². The van der Waals surface area contributed by atoms with Gasteiger partial charge in [-0.15, -0.1) is 0 Å². The molecule has 2 N–H and O–H groups in total. The standard InChI is InChI=1S/C43H44Cl2N6O/c1-28-19-21-46-42(50-25-23-49(24-26-50)34-11-7-4-8-12-34)39(28)48-43(52)40-38(36-18-17-33(45)27-37(36)47-40)41-35(31-9-5-3-6-10-31)20-22-51(41)29(2)30-13-15-32(44)16-14-30/h3,5-6,9-10,13-22,27,29,34,47H,4,7-8,11-12,23-26H2,1-2H3,(H,48,52)/t29-/m0/s1. The number of aromatic amines is 1. The van der Waals surface area contributed by atoms with E-state index in [1.165, 1.54) is 32.1 Å². The van der Waals surface area contributed by atoms with E-state index >= 15 is 0 Å². The molecule has 1 aliphatic carbocycles. The van der Waals surface area contributed by atoms with Crippen LogP contribution in [0.1, 0.15) is 66.7 Å². The number of carbonyl (C=O) groups is 1. The molecule has 1 aliphatic heterocycles. The molecule has 7 nitrogen and oxygen atoms in total. The van der Waals surface area contributed by atoms with Crippen LogP contribution in [0.25, 0.3) is 33.3 Å². The third-order valence-electron chi connectivity index (χ3n) is 11.1. The molecule has 3 aromatic carbocycles. The number of anilines is 2. The Bertz CT molecular complexity index is 2190. The molecule has 1 amide bonds. The smallest absolute Gasteiger partial charge is 0.272 e. The lowest BCUT2D eigenvalue weighted by Crippen LogP contribution is -2.51. The van der Waals surface area contributed by atoms with E-state index in [9.17, 15) is 4.79 Å². The molecule has 0 bridgehead atoms. The lowest BCUT2D eigenvalue weighted by atomic mass is 9.94. The maximum absolute atomic E-state index is 14.8. The summed E-state index contributed by atoms with van der Waals surface area (Å²) in [4.78, 5) is 28.2. The van der Waals surface area contributed by atoms with Crippen molar-refractivity contribution in [3.63, 3.8) is 0 Å². The predicted molar refractivity (Wildman–Crippen MR) is 215 cm³/mol. The summed E-state index contributed by atoms with van der Waals surface area (Å²) in [5.41, 5.74) is 7.93. The van der Waals surface area contributed by atoms with E-state index in [0.29, 0.717) is 21.8 Å². The molecule has 0 unspecified atom stereocenters. The van der Waals surface area contributed by atoms with Crippen LogP contribution in [0.3, 0.4) is 0 Å². The van der Waals surface area contributed by atoms with Crippen molar-refractivity contribution in [2.75, 3.05) is 36.4 Å². The second kappa shape index (κ2) is 14.8. The van der Waals surface area contributed by atoms with Crippen LogP contribution >= 0.6 is 23.2 Å². The second-order valence-electron chi connectivity index (χ2n) is 14.2. The van der Waals surface area contributed by atoms with Gasteiger partial charge in [0.15, 0.2) is 5.82 Å². The topological polar surface area (TPSA) is 69.2 Å². The molecular weight excluding hydrogens is 687 g/mol. The summed E-state index contributed by atoms with van der Waals surface area (Å²) in [6.07, 6.45) is 10.6. The Labute approximate surface area is 315 Å². The molecule has 0 spiro atoms. The highest BCUT2D eigenvalue weighted by molar-refractivity contribution is 6.31. The van der Waals surface area contributed by atoms with Crippen LogP contribution in [-0.2, 0) is 0 Å². The molecule has 4 heterocycles. The van der Waals surface area contributed by atoms with Crippen LogP contribution in [0, 0.1) is 6.92 Å². The second-order valence-corrected chi connectivity index (χ2v) is 15.1. The highest BCUT2D eigenvalue weighted by Gasteiger charge is 2.30. The number of amides is 1. The lowest BCUT2D eigenvalue weighted by molar-refractivity contribution is 0.102. The minimum atomic E-state index is -0.230. The first kappa shape index (κ1) is 34.5. The van der Waals surface area contributed by atoms with Crippen molar-refractivity contribution in [2.24, 2.45) is 0 Å². The quantitative estimate of drug-likeness (QED) is 0.164. The number of hydrogen-bond donors (Lipinski definition) is 2. The Hall–Kier alpha value is -4.56. The molecule has 1 atom stereocenters. The summed E-state index contributed by atoms with van der Waals surface area (Å²) in [6.45, 7) is 7.98. The monoisotopic (exact) mass is 730 g/mol. The first-order valence-corrected chi connectivity index (χ1v) is 19.2. The predicted octanol–water partition coefficient (Wildman–Crippen LogP) is 10.6. The van der Waals surface area contributed by atoms with Crippen molar-refractivity contribution in [2.45, 2.75) is 58.0 Å². The van der Waals surface area contributed by atoms with Gasteiger partial charge in [-0.3, -0.25) is 9.69 Å². The summed E-state index contributed by atoms with van der Waals surface area (Å²) < 4.78 is 2.26. The highest BCUT2D eigenvalue weighted by atomic mass is 35.5. The van der Waals surface area contributed by atoms with Gasteiger partial charge in [-0.25, -0.2) is 4.98 Å². The van der Waals surface area contributed by atoms with Crippen LogP contribution in [0.15, 0.2) is 97.3 Å². The number of benzene rings is 3. The molecule has 2 aliphatic rings. The maximum Gasteiger partial charge on any atom is 0.272 e. The Morgan fingerprint density at radius 1 is 0.885 bits per heavy atom. The molecule has 3 aromatic heterocycles. The van der Waals surface area contributed by atoms with E-state index in [-0.39, 0.29) is 11.9 Å². The molecule has 6 aromatic rings. The van der Waals surface area contributed by atoms with Gasteiger partial charge in [0.05, 0.1) is 17.4 Å². The normalized spacial score (nSPS) is 16.3. The number of halogens is 2. The Morgan fingerprint density at radius 2 is 1.62 bits per heavy atom. The van der Waals surface area contributed by atoms with Crippen molar-refractivity contribution >= 4 is 51.5 Å². The molecule has 9 heteroatoms. The van der Waals surface area contributed by atoms with Gasteiger partial charge in [-0.1, -0.05) is 91.0 Å². The number of nitrogens with zero attached hydrogens (tertiary/aromatic N) is 4. The number of pyridine rings is 1. The number of H-pyrrole nitrogens is 1. The van der Waals surface area contributed by atoms with E-state index in [4.69, 9.17) is 28.2 Å². The fraction of sp³-hybridized carbons (Fsp3) is 0.302. The van der Waals surface area contributed by atoms with E-state index in [1.54, 1.807) is 0 Å². The first-order chi connectivity index (χ1) is 25.4. The van der Waals surface area contributed by atoms with E-state index in [2.05, 4.69) is 68.1 Å². The van der Waals surface area contributed by atoms with Gasteiger partial charge in [0.2, 0.25) is 0 Å². The minimum Gasteiger partial charge on any atom is -0.352 e. The number of hydrogen-bond acceptors (Lipinski definition) is 4. The van der Waals surface area contributed by atoms with Crippen LogP contribution in [-0.4, -0.2) is 57.6 Å². The fourth-order valence-electron chi connectivity index (χ4n) is 8.23. The SMILES string of the molecule is Cc1ccnc(N2CCN(C3CCCCC3)CC2)c1NC(=O)c1[nH]c2cc(Cl)ccc2c1-c1c(-c2ccccc2)ccn1[C@@H](C)c1ccc(Cl)cc1. The van der Waals surface area contributed by atoms with Crippen LogP contribution < -0.4 is 10.2 Å². The summed E-state index contributed by atoms with van der Waals surface area (Å²) in [6, 6.07) is 28.8. The van der Waals surface area contributed by atoms with Gasteiger partial charge in [0.25, 0.3) is 5.91 Å². The van der Waals surface area contributed by atoms with E-state index in [1.807, 2.05) is 67.7 Å². The third-order valence-corrected chi connectivity index (χ3v) is 11.6. The average Bonchev–Trinajstić information content (AvgIpc) is 3.78. The summed E-state index contributed by atoms with van der Waals surface area (Å²) in [7, 11) is 0. The molecule has 266 valence electrons. The number of fused-ring (bicyclic) bond motifs is 1. The zero-order valence-electron chi connectivity index (χ0n) is 29.7. The molecule has 2 fully saturated rings. The average molecular weight is 732 g/mol. The van der Waals surface area contributed by atoms with Crippen molar-refractivity contribution in [3.8, 4) is 22.4 Å². The Kier molecular flexibility index (Phi) is 9.84. The number of rotatable bonds is 8. The van der Waals surface area contributed by atoms with Crippen LogP contribution in [0.2, 0.25) is 10.0 Å². The van der Waals surface area contributed by atoms with Crippen molar-refractivity contribution in [3.05, 3.63) is 124 Å². The summed E-state index contributed by atoms with van der Waals surface area (Å²) in [5, 5.41) is 5.55. The van der Waals surface area contributed by atoms with Crippen molar-refractivity contribution < 1.29 is 4.79 Å². The fourth-order valence-corrected chi connectivity index (χ4v) is 8.53. The first-order valence-electron chi connectivity index (χ1n) is 18.4. The number of nitrogens with one attached hydrogen (secondary N) is 2. The van der Waals surface area contributed by atoms with Crippen LogP contribution in [0.4, 0.5) is 11.5 Å². The Morgan fingerprint density at radius 3 is 2.37 bits per heavy atom. The van der Waals surface area contributed by atoms with Gasteiger partial charge in [-0.2, -0.15) is 0 Å². The van der Waals surface area contributed by atoms with Gasteiger partial charge in [0.1, 0.15) is 5.69 Å². The number of aromatic nitrogens is 3. The summed E-state index contributed by atoms with van der Waals surface area (Å²) in [5.74, 6) is 0.591. The lowest BCUT2D eigenvalue weighted by Gasteiger charge is -2.41. The largest absolute Gasteiger partial charge is 0.352 e. The van der Waals surface area contributed by atoms with Gasteiger partial charge >= 0.3 is 0 Å². The third kappa shape index (κ3) is 6.73. The zero-order valence-corrected chi connectivity index (χ0v) is 31.2. The molecule has 52 heavy (non-hydrogen) atoms. The molecule has 0 radical (unpaired) electrons. The highest BCUT2D eigenvalue weighted by Crippen LogP contribution is 2.43. The number of piperazine rings is 1. The number of aryl methyl sites for hydroxylation is 1. The van der Waals surface area contributed by atoms with E-state index < -0.39 is 0 Å². The van der Waals surface area contributed by atoms with Crippen molar-refractivity contribution in [1.82, 2.24) is 19.4 Å². The van der Waals surface area contributed by atoms with Gasteiger partial charge < -0.3 is 19.8 Å².